The summed E-state index contributed by atoms with van der Waals surface area (Å²) in [5.41, 5.74) is 4.81. The van der Waals surface area contributed by atoms with E-state index >= 15 is 0 Å². The van der Waals surface area contributed by atoms with Crippen LogP contribution < -0.4 is 11.1 Å². The number of hydrogen-bond acceptors (Lipinski definition) is 3. The molecule has 0 saturated carbocycles. The van der Waals surface area contributed by atoms with Gasteiger partial charge in [-0.25, -0.2) is 0 Å². The van der Waals surface area contributed by atoms with Crippen LogP contribution in [-0.2, 0) is 4.79 Å². The number of nitrogens with one attached hydrogen (secondary N) is 1. The largest absolute Gasteiger partial charge is 0.392 e. The number of carbonyl (C=O) groups is 1. The molecule has 3 N–H and O–H groups in total. The third-order valence-corrected chi connectivity index (χ3v) is 4.30. The van der Waals surface area contributed by atoms with Crippen LogP contribution in [0.5, 0.6) is 0 Å². The second-order valence-electron chi connectivity index (χ2n) is 4.35. The molecule has 0 atom stereocenters. The van der Waals surface area contributed by atoms with Gasteiger partial charge in [0, 0.05) is 6.04 Å². The van der Waals surface area contributed by atoms with E-state index < -0.39 is 5.41 Å². The molecule has 1 aliphatic rings. The van der Waals surface area contributed by atoms with Gasteiger partial charge in [0.25, 0.3) is 0 Å². The zero-order chi connectivity index (χ0) is 11.5. The zero-order valence-electron chi connectivity index (χ0n) is 9.21. The summed E-state index contributed by atoms with van der Waals surface area (Å²) in [6.07, 6.45) is 2.09. The average Bonchev–Trinajstić information content (AvgIpc) is 2.18. The van der Waals surface area contributed by atoms with Crippen molar-refractivity contribution in [3.05, 3.63) is 0 Å². The highest BCUT2D eigenvalue weighted by Crippen LogP contribution is 2.20. The minimum absolute atomic E-state index is 0.0492. The maximum atomic E-state index is 11.9. The van der Waals surface area contributed by atoms with E-state index in [2.05, 4.69) is 5.32 Å². The minimum atomic E-state index is -0.736. The Morgan fingerprint density at radius 2 is 2.00 bits per heavy atom. The van der Waals surface area contributed by atoms with Crippen LogP contribution in [0.2, 0.25) is 0 Å². The topological polar surface area (TPSA) is 55.1 Å². The molecule has 1 saturated heterocycles. The van der Waals surface area contributed by atoms with Crippen LogP contribution in [0.25, 0.3) is 0 Å². The lowest BCUT2D eigenvalue weighted by Crippen LogP contribution is -2.49. The van der Waals surface area contributed by atoms with Crippen LogP contribution in [0.4, 0.5) is 0 Å². The first-order chi connectivity index (χ1) is 6.94. The summed E-state index contributed by atoms with van der Waals surface area (Å²) in [5.74, 6) is 2.20. The van der Waals surface area contributed by atoms with Crippen LogP contribution in [0.15, 0.2) is 0 Å². The molecule has 0 aliphatic carbocycles. The summed E-state index contributed by atoms with van der Waals surface area (Å²) < 4.78 is 0. The molecular weight excluding hydrogens is 228 g/mol. The molecule has 0 unspecified atom stereocenters. The van der Waals surface area contributed by atoms with Crippen LogP contribution in [0, 0.1) is 5.41 Å². The molecular formula is C10H18N2OS2. The number of rotatable bonds is 3. The molecule has 1 fully saturated rings. The van der Waals surface area contributed by atoms with Crippen molar-refractivity contribution in [1.29, 1.82) is 0 Å². The quantitative estimate of drug-likeness (QED) is 0.737. The number of thiocarbonyl (C=S) groups is 1. The smallest absolute Gasteiger partial charge is 0.232 e. The van der Waals surface area contributed by atoms with Gasteiger partial charge in [-0.05, 0) is 38.2 Å². The van der Waals surface area contributed by atoms with Crippen molar-refractivity contribution >= 4 is 34.9 Å². The van der Waals surface area contributed by atoms with E-state index in [1.165, 1.54) is 0 Å². The monoisotopic (exact) mass is 246 g/mol. The number of carbonyl (C=O) groups excluding carboxylic acids is 1. The number of amides is 1. The first-order valence-electron chi connectivity index (χ1n) is 5.13. The molecule has 15 heavy (non-hydrogen) atoms. The third kappa shape index (κ3) is 3.34. The standard InChI is InChI=1S/C10H18N2OS2/c1-10(2,8(11)14)9(13)12-7-3-5-15-6-4-7/h7H,3-6H2,1-2H3,(H2,11,14)(H,12,13). The Labute approximate surface area is 101 Å². The number of hydrogen-bond donors (Lipinski definition) is 2. The Hall–Kier alpha value is -0.290. The van der Waals surface area contributed by atoms with Crippen molar-refractivity contribution in [1.82, 2.24) is 5.32 Å². The normalized spacial score (nSPS) is 18.5. The minimum Gasteiger partial charge on any atom is -0.392 e. The molecule has 0 aromatic heterocycles. The Morgan fingerprint density at radius 1 is 1.47 bits per heavy atom. The zero-order valence-corrected chi connectivity index (χ0v) is 10.8. The van der Waals surface area contributed by atoms with Gasteiger partial charge < -0.3 is 11.1 Å². The van der Waals surface area contributed by atoms with E-state index in [4.69, 9.17) is 18.0 Å². The molecule has 86 valence electrons. The van der Waals surface area contributed by atoms with Crippen LogP contribution >= 0.6 is 24.0 Å². The van der Waals surface area contributed by atoms with E-state index in [-0.39, 0.29) is 10.9 Å². The number of thioether (sulfide) groups is 1. The average molecular weight is 246 g/mol. The highest BCUT2D eigenvalue weighted by atomic mass is 32.2. The van der Waals surface area contributed by atoms with Crippen molar-refractivity contribution in [2.45, 2.75) is 32.7 Å². The highest BCUT2D eigenvalue weighted by molar-refractivity contribution is 7.99. The molecule has 3 nitrogen and oxygen atoms in total. The van der Waals surface area contributed by atoms with Crippen molar-refractivity contribution in [3.63, 3.8) is 0 Å². The lowest BCUT2D eigenvalue weighted by atomic mass is 9.91. The van der Waals surface area contributed by atoms with Gasteiger partial charge in [0.2, 0.25) is 5.91 Å². The Bertz CT molecular complexity index is 260. The Kier molecular flexibility index (Phi) is 4.40. The van der Waals surface area contributed by atoms with E-state index in [1.54, 1.807) is 13.8 Å². The van der Waals surface area contributed by atoms with E-state index in [0.717, 1.165) is 24.3 Å². The van der Waals surface area contributed by atoms with Gasteiger partial charge >= 0.3 is 0 Å². The first kappa shape index (κ1) is 12.8. The van der Waals surface area contributed by atoms with Crippen molar-refractivity contribution in [2.75, 3.05) is 11.5 Å². The summed E-state index contributed by atoms with van der Waals surface area (Å²) in [5, 5.41) is 3.02. The second kappa shape index (κ2) is 5.16. The molecule has 5 heteroatoms. The van der Waals surface area contributed by atoms with Crippen LogP contribution in [-0.4, -0.2) is 28.4 Å². The lowest BCUT2D eigenvalue weighted by Gasteiger charge is -2.28. The molecule has 1 amide bonds. The van der Waals surface area contributed by atoms with Gasteiger partial charge in [-0.2, -0.15) is 11.8 Å². The first-order valence-corrected chi connectivity index (χ1v) is 6.69. The summed E-state index contributed by atoms with van der Waals surface area (Å²) in [6.45, 7) is 3.53. The van der Waals surface area contributed by atoms with Crippen LogP contribution in [0.3, 0.4) is 0 Å². The predicted octanol–water partition coefficient (Wildman–Crippen LogP) is 1.31. The van der Waals surface area contributed by atoms with Crippen molar-refractivity contribution < 1.29 is 4.79 Å². The molecule has 0 bridgehead atoms. The Morgan fingerprint density at radius 3 is 2.47 bits per heavy atom. The molecule has 1 aliphatic heterocycles. The maximum Gasteiger partial charge on any atom is 0.232 e. The van der Waals surface area contributed by atoms with Gasteiger partial charge in [0.1, 0.15) is 0 Å². The fourth-order valence-corrected chi connectivity index (χ4v) is 2.52. The molecule has 1 rings (SSSR count). The van der Waals surface area contributed by atoms with E-state index in [0.29, 0.717) is 6.04 Å². The summed E-state index contributed by atoms with van der Waals surface area (Å²) >= 11 is 6.83. The Balaban J connectivity index is 2.50. The van der Waals surface area contributed by atoms with Gasteiger partial charge in [-0.15, -0.1) is 0 Å². The number of nitrogens with two attached hydrogens (primary N) is 1. The fourth-order valence-electron chi connectivity index (χ4n) is 1.32. The summed E-state index contributed by atoms with van der Waals surface area (Å²) in [6, 6.07) is 0.298. The van der Waals surface area contributed by atoms with Crippen molar-refractivity contribution in [2.24, 2.45) is 11.1 Å². The molecule has 1 heterocycles. The van der Waals surface area contributed by atoms with Gasteiger partial charge in [-0.3, -0.25) is 4.79 Å². The van der Waals surface area contributed by atoms with Crippen molar-refractivity contribution in [3.8, 4) is 0 Å². The molecule has 0 aromatic rings. The summed E-state index contributed by atoms with van der Waals surface area (Å²) in [4.78, 5) is 12.1. The molecule has 0 spiro atoms. The molecule has 0 radical (unpaired) electrons. The van der Waals surface area contributed by atoms with Gasteiger partial charge in [0.05, 0.1) is 10.4 Å². The fraction of sp³-hybridized carbons (Fsp3) is 0.800. The van der Waals surface area contributed by atoms with Crippen LogP contribution in [0.1, 0.15) is 26.7 Å². The highest BCUT2D eigenvalue weighted by Gasteiger charge is 2.32. The SMILES string of the molecule is CC(C)(C(=O)NC1CCSCC1)C(N)=S. The third-order valence-electron chi connectivity index (χ3n) is 2.74. The lowest BCUT2D eigenvalue weighted by molar-refractivity contribution is -0.127. The molecule has 0 aromatic carbocycles. The second-order valence-corrected chi connectivity index (χ2v) is 6.01. The maximum absolute atomic E-state index is 11.9. The van der Waals surface area contributed by atoms with E-state index in [1.807, 2.05) is 11.8 Å². The van der Waals surface area contributed by atoms with E-state index in [9.17, 15) is 4.79 Å². The van der Waals surface area contributed by atoms with Gasteiger partial charge in [-0.1, -0.05) is 12.2 Å². The predicted molar refractivity (Wildman–Crippen MR) is 69.1 cm³/mol. The van der Waals surface area contributed by atoms with Gasteiger partial charge in [0.15, 0.2) is 0 Å². The summed E-state index contributed by atoms with van der Waals surface area (Å²) in [7, 11) is 0.